The standard InChI is InChI=1S/C23H21Cl2N3O3/c1-30-21-13-15(4-6-17(21)22-18(24)3-2-8-26-22)23(29)27-16-5-7-20(19(25)14-16)28-9-11-31-12-10-28/h2-8,13-14H,9-12H2,1H3,(H,27,29). The van der Waals surface area contributed by atoms with Gasteiger partial charge in [-0.1, -0.05) is 23.2 Å². The average molecular weight is 458 g/mol. The molecule has 0 aliphatic carbocycles. The van der Waals surface area contributed by atoms with E-state index in [9.17, 15) is 4.79 Å². The van der Waals surface area contributed by atoms with Crippen molar-refractivity contribution in [3.63, 3.8) is 0 Å². The number of ether oxygens (including phenoxy) is 2. The molecule has 0 spiro atoms. The highest BCUT2D eigenvalue weighted by Crippen LogP contribution is 2.34. The molecule has 160 valence electrons. The van der Waals surface area contributed by atoms with Crippen LogP contribution in [0.25, 0.3) is 11.3 Å². The molecule has 6 nitrogen and oxygen atoms in total. The van der Waals surface area contributed by atoms with Crippen LogP contribution in [0.1, 0.15) is 10.4 Å². The zero-order valence-corrected chi connectivity index (χ0v) is 18.4. The summed E-state index contributed by atoms with van der Waals surface area (Å²) in [7, 11) is 1.54. The van der Waals surface area contributed by atoms with Crippen LogP contribution in [0.3, 0.4) is 0 Å². The molecular weight excluding hydrogens is 437 g/mol. The maximum absolute atomic E-state index is 12.8. The molecule has 0 radical (unpaired) electrons. The minimum absolute atomic E-state index is 0.271. The fourth-order valence-electron chi connectivity index (χ4n) is 3.46. The Bertz CT molecular complexity index is 1100. The molecule has 1 fully saturated rings. The van der Waals surface area contributed by atoms with Gasteiger partial charge < -0.3 is 19.7 Å². The SMILES string of the molecule is COc1cc(C(=O)Nc2ccc(N3CCOCC3)c(Cl)c2)ccc1-c1ncccc1Cl. The van der Waals surface area contributed by atoms with Crippen LogP contribution in [0, 0.1) is 0 Å². The number of amides is 1. The molecule has 3 aromatic rings. The van der Waals surface area contributed by atoms with Crippen molar-refractivity contribution < 1.29 is 14.3 Å². The summed E-state index contributed by atoms with van der Waals surface area (Å²) in [6, 6.07) is 14.2. The molecule has 2 heterocycles. The van der Waals surface area contributed by atoms with Crippen molar-refractivity contribution in [2.45, 2.75) is 0 Å². The predicted octanol–water partition coefficient (Wildman–Crippen LogP) is 5.15. The lowest BCUT2D eigenvalue weighted by molar-refractivity contribution is 0.102. The highest BCUT2D eigenvalue weighted by Gasteiger charge is 2.17. The summed E-state index contributed by atoms with van der Waals surface area (Å²) in [5.74, 6) is 0.237. The number of carbonyl (C=O) groups excluding carboxylic acids is 1. The molecule has 1 aliphatic heterocycles. The number of halogens is 2. The van der Waals surface area contributed by atoms with Gasteiger partial charge in [-0.15, -0.1) is 0 Å². The van der Waals surface area contributed by atoms with E-state index < -0.39 is 0 Å². The molecular formula is C23H21Cl2N3O3. The maximum Gasteiger partial charge on any atom is 0.255 e. The molecule has 0 unspecified atom stereocenters. The molecule has 1 saturated heterocycles. The Morgan fingerprint density at radius 2 is 1.90 bits per heavy atom. The lowest BCUT2D eigenvalue weighted by Gasteiger charge is -2.29. The number of rotatable bonds is 5. The van der Waals surface area contributed by atoms with Crippen molar-refractivity contribution in [1.82, 2.24) is 4.98 Å². The van der Waals surface area contributed by atoms with Gasteiger partial charge in [0.1, 0.15) is 5.75 Å². The summed E-state index contributed by atoms with van der Waals surface area (Å²) >= 11 is 12.7. The number of nitrogens with zero attached hydrogens (tertiary/aromatic N) is 2. The zero-order chi connectivity index (χ0) is 21.8. The van der Waals surface area contributed by atoms with Crippen LogP contribution in [-0.2, 0) is 4.74 Å². The highest BCUT2D eigenvalue weighted by molar-refractivity contribution is 6.33. The quantitative estimate of drug-likeness (QED) is 0.573. The first-order chi connectivity index (χ1) is 15.1. The van der Waals surface area contributed by atoms with Gasteiger partial charge in [0, 0.05) is 36.1 Å². The first-order valence-electron chi connectivity index (χ1n) is 9.79. The molecule has 8 heteroatoms. The molecule has 0 saturated carbocycles. The average Bonchev–Trinajstić information content (AvgIpc) is 2.79. The number of anilines is 2. The van der Waals surface area contributed by atoms with Crippen LogP contribution >= 0.6 is 23.2 Å². The second kappa shape index (κ2) is 9.56. The van der Waals surface area contributed by atoms with Gasteiger partial charge in [-0.2, -0.15) is 0 Å². The number of methoxy groups -OCH3 is 1. The van der Waals surface area contributed by atoms with Gasteiger partial charge in [-0.05, 0) is 48.5 Å². The second-order valence-corrected chi connectivity index (χ2v) is 7.78. The van der Waals surface area contributed by atoms with Crippen molar-refractivity contribution in [1.29, 1.82) is 0 Å². The molecule has 0 atom stereocenters. The van der Waals surface area contributed by atoms with Crippen LogP contribution in [0.2, 0.25) is 10.0 Å². The summed E-state index contributed by atoms with van der Waals surface area (Å²) in [6.45, 7) is 2.93. The third-order valence-corrected chi connectivity index (χ3v) is 5.64. The van der Waals surface area contributed by atoms with Gasteiger partial charge >= 0.3 is 0 Å². The third kappa shape index (κ3) is 4.77. The fraction of sp³-hybridized carbons (Fsp3) is 0.217. The first kappa shape index (κ1) is 21.4. The Balaban J connectivity index is 1.53. The molecule has 1 amide bonds. The van der Waals surface area contributed by atoms with Crippen molar-refractivity contribution in [3.05, 3.63) is 70.3 Å². The Hall–Kier alpha value is -2.80. The van der Waals surface area contributed by atoms with Crippen molar-refractivity contribution >= 4 is 40.5 Å². The molecule has 4 rings (SSSR count). The van der Waals surface area contributed by atoms with Crippen LogP contribution < -0.4 is 15.0 Å². The van der Waals surface area contributed by atoms with Crippen molar-refractivity contribution in [2.24, 2.45) is 0 Å². The Morgan fingerprint density at radius 1 is 1.10 bits per heavy atom. The lowest BCUT2D eigenvalue weighted by Crippen LogP contribution is -2.36. The smallest absolute Gasteiger partial charge is 0.255 e. The van der Waals surface area contributed by atoms with Gasteiger partial charge in [-0.25, -0.2) is 0 Å². The zero-order valence-electron chi connectivity index (χ0n) is 16.9. The number of hydrogen-bond acceptors (Lipinski definition) is 5. The van der Waals surface area contributed by atoms with E-state index in [2.05, 4.69) is 15.2 Å². The van der Waals surface area contributed by atoms with Crippen LogP contribution in [0.5, 0.6) is 5.75 Å². The van der Waals surface area contributed by atoms with E-state index in [1.807, 2.05) is 12.1 Å². The number of pyridine rings is 1. The summed E-state index contributed by atoms with van der Waals surface area (Å²) in [6.07, 6.45) is 1.66. The van der Waals surface area contributed by atoms with Gasteiger partial charge in [0.05, 0.1) is 41.8 Å². The van der Waals surface area contributed by atoms with Gasteiger partial charge in [0.25, 0.3) is 5.91 Å². The number of morpholine rings is 1. The summed E-state index contributed by atoms with van der Waals surface area (Å²) in [5.41, 5.74) is 3.30. The topological polar surface area (TPSA) is 63.7 Å². The second-order valence-electron chi connectivity index (χ2n) is 6.97. The normalized spacial score (nSPS) is 13.7. The molecule has 1 aliphatic rings. The maximum atomic E-state index is 12.8. The highest BCUT2D eigenvalue weighted by atomic mass is 35.5. The predicted molar refractivity (Wildman–Crippen MR) is 124 cm³/mol. The minimum Gasteiger partial charge on any atom is -0.496 e. The molecule has 0 bridgehead atoms. The summed E-state index contributed by atoms with van der Waals surface area (Å²) < 4.78 is 10.9. The Labute approximate surface area is 190 Å². The molecule has 1 aromatic heterocycles. The lowest BCUT2D eigenvalue weighted by atomic mass is 10.1. The van der Waals surface area contributed by atoms with E-state index in [1.54, 1.807) is 49.7 Å². The van der Waals surface area contributed by atoms with Crippen molar-refractivity contribution in [3.8, 4) is 17.0 Å². The first-order valence-corrected chi connectivity index (χ1v) is 10.5. The Morgan fingerprint density at radius 3 is 2.61 bits per heavy atom. The minimum atomic E-state index is -0.271. The summed E-state index contributed by atoms with van der Waals surface area (Å²) in [5, 5.41) is 3.98. The van der Waals surface area contributed by atoms with Crippen LogP contribution in [0.4, 0.5) is 11.4 Å². The van der Waals surface area contributed by atoms with Gasteiger partial charge in [0.15, 0.2) is 0 Å². The van der Waals surface area contributed by atoms with E-state index in [4.69, 9.17) is 32.7 Å². The van der Waals surface area contributed by atoms with E-state index in [0.29, 0.717) is 51.5 Å². The monoisotopic (exact) mass is 457 g/mol. The molecule has 31 heavy (non-hydrogen) atoms. The van der Waals surface area contributed by atoms with Crippen LogP contribution in [0.15, 0.2) is 54.7 Å². The Kier molecular flexibility index (Phi) is 6.61. The number of nitrogens with one attached hydrogen (secondary N) is 1. The molecule has 1 N–H and O–H groups in total. The fourth-order valence-corrected chi connectivity index (χ4v) is 3.98. The summed E-state index contributed by atoms with van der Waals surface area (Å²) in [4.78, 5) is 19.3. The van der Waals surface area contributed by atoms with E-state index in [-0.39, 0.29) is 5.91 Å². The van der Waals surface area contributed by atoms with Crippen molar-refractivity contribution in [2.75, 3.05) is 43.6 Å². The number of carbonyl (C=O) groups is 1. The number of hydrogen-bond donors (Lipinski definition) is 1. The van der Waals surface area contributed by atoms with Gasteiger partial charge in [0.2, 0.25) is 0 Å². The largest absolute Gasteiger partial charge is 0.496 e. The van der Waals surface area contributed by atoms with E-state index >= 15 is 0 Å². The van der Waals surface area contributed by atoms with E-state index in [1.165, 1.54) is 0 Å². The van der Waals surface area contributed by atoms with Gasteiger partial charge in [-0.3, -0.25) is 9.78 Å². The third-order valence-electron chi connectivity index (χ3n) is 5.03. The number of aromatic nitrogens is 1. The van der Waals surface area contributed by atoms with Crippen LogP contribution in [-0.4, -0.2) is 44.3 Å². The van der Waals surface area contributed by atoms with E-state index in [0.717, 1.165) is 18.8 Å². The molecule has 2 aromatic carbocycles. The number of benzene rings is 2.